The monoisotopic (exact) mass is 265 g/mol. The Kier molecular flexibility index (Phi) is 4.46. The molecule has 1 aliphatic rings. The summed E-state index contributed by atoms with van der Waals surface area (Å²) in [7, 11) is 0. The van der Waals surface area contributed by atoms with Gasteiger partial charge in [0.05, 0.1) is 6.61 Å². The lowest BCUT2D eigenvalue weighted by atomic mass is 9.74. The molecular weight excluding hydrogens is 241 g/mol. The molecule has 0 unspecified atom stereocenters. The summed E-state index contributed by atoms with van der Waals surface area (Å²) in [6.07, 6.45) is 4.74. The highest BCUT2D eigenvalue weighted by Gasteiger charge is 2.31. The van der Waals surface area contributed by atoms with E-state index in [2.05, 4.69) is 18.7 Å². The van der Waals surface area contributed by atoms with Gasteiger partial charge in [0.1, 0.15) is 5.82 Å². The molecule has 3 heteroatoms. The highest BCUT2D eigenvalue weighted by molar-refractivity contribution is 5.54. The number of rotatable bonds is 4. The second-order valence-electron chi connectivity index (χ2n) is 5.59. The molecule has 0 bridgehead atoms. The van der Waals surface area contributed by atoms with Crippen molar-refractivity contribution < 1.29 is 9.50 Å². The normalized spacial score (nSPS) is 18.6. The van der Waals surface area contributed by atoms with Crippen LogP contribution in [-0.4, -0.2) is 18.2 Å². The third kappa shape index (κ3) is 2.76. The summed E-state index contributed by atoms with van der Waals surface area (Å²) in [5, 5.41) is 9.36. The first-order valence-corrected chi connectivity index (χ1v) is 7.29. The van der Waals surface area contributed by atoms with E-state index in [1.165, 1.54) is 18.9 Å². The number of aliphatic hydroxyl groups excluding tert-OH is 1. The number of halogens is 1. The third-order valence-electron chi connectivity index (χ3n) is 4.92. The topological polar surface area (TPSA) is 23.5 Å². The maximum atomic E-state index is 13.7. The van der Waals surface area contributed by atoms with Gasteiger partial charge in [-0.1, -0.05) is 32.8 Å². The fourth-order valence-corrected chi connectivity index (χ4v) is 3.18. The van der Waals surface area contributed by atoms with Crippen molar-refractivity contribution in [2.24, 2.45) is 5.41 Å². The van der Waals surface area contributed by atoms with Crippen molar-refractivity contribution in [1.29, 1.82) is 0 Å². The molecule has 0 amide bonds. The van der Waals surface area contributed by atoms with Crippen LogP contribution in [-0.2, 0) is 6.61 Å². The van der Waals surface area contributed by atoms with Crippen LogP contribution < -0.4 is 4.90 Å². The van der Waals surface area contributed by atoms with Crippen molar-refractivity contribution >= 4 is 5.69 Å². The van der Waals surface area contributed by atoms with Crippen molar-refractivity contribution in [3.8, 4) is 0 Å². The van der Waals surface area contributed by atoms with E-state index in [0.29, 0.717) is 11.0 Å². The highest BCUT2D eigenvalue weighted by Crippen LogP contribution is 2.39. The number of nitrogens with zero attached hydrogens (tertiary/aromatic N) is 1. The molecule has 19 heavy (non-hydrogen) atoms. The Balaban J connectivity index is 2.16. The molecule has 0 saturated carbocycles. The Labute approximate surface area is 115 Å². The van der Waals surface area contributed by atoms with E-state index in [4.69, 9.17) is 0 Å². The fourth-order valence-electron chi connectivity index (χ4n) is 3.18. The smallest absolute Gasteiger partial charge is 0.130 e. The summed E-state index contributed by atoms with van der Waals surface area (Å²) in [6.45, 7) is 6.21. The zero-order valence-corrected chi connectivity index (χ0v) is 12.0. The van der Waals surface area contributed by atoms with Gasteiger partial charge in [0.25, 0.3) is 0 Å². The fraction of sp³-hybridized carbons (Fsp3) is 0.625. The van der Waals surface area contributed by atoms with Crippen molar-refractivity contribution in [1.82, 2.24) is 0 Å². The molecule has 1 saturated heterocycles. The molecule has 1 aromatic carbocycles. The maximum absolute atomic E-state index is 13.7. The van der Waals surface area contributed by atoms with Gasteiger partial charge in [-0.25, -0.2) is 4.39 Å². The molecule has 1 fully saturated rings. The lowest BCUT2D eigenvalue weighted by molar-refractivity contribution is 0.199. The summed E-state index contributed by atoms with van der Waals surface area (Å²) in [5.41, 5.74) is 1.76. The molecule has 1 aromatic rings. The summed E-state index contributed by atoms with van der Waals surface area (Å²) < 4.78 is 13.7. The number of hydrogen-bond donors (Lipinski definition) is 1. The molecule has 1 aliphatic heterocycles. The van der Waals surface area contributed by atoms with Gasteiger partial charge < -0.3 is 10.0 Å². The quantitative estimate of drug-likeness (QED) is 0.896. The first kappa shape index (κ1) is 14.3. The van der Waals surface area contributed by atoms with E-state index in [1.54, 1.807) is 6.07 Å². The number of anilines is 1. The van der Waals surface area contributed by atoms with E-state index in [0.717, 1.165) is 31.6 Å². The van der Waals surface area contributed by atoms with Gasteiger partial charge in [0, 0.05) is 24.3 Å². The minimum absolute atomic E-state index is 0.231. The van der Waals surface area contributed by atoms with Crippen LogP contribution >= 0.6 is 0 Å². The van der Waals surface area contributed by atoms with Gasteiger partial charge in [-0.3, -0.25) is 0 Å². The molecule has 1 N–H and O–H groups in total. The first-order valence-electron chi connectivity index (χ1n) is 7.29. The van der Waals surface area contributed by atoms with Gasteiger partial charge in [0.15, 0.2) is 0 Å². The number of piperidine rings is 1. The molecule has 0 aromatic heterocycles. The molecule has 1 heterocycles. The van der Waals surface area contributed by atoms with Crippen molar-refractivity contribution in [3.63, 3.8) is 0 Å². The van der Waals surface area contributed by atoms with Gasteiger partial charge in [-0.2, -0.15) is 0 Å². The molecule has 0 radical (unpaired) electrons. The van der Waals surface area contributed by atoms with E-state index >= 15 is 0 Å². The Bertz CT molecular complexity index is 419. The second kappa shape index (κ2) is 5.91. The van der Waals surface area contributed by atoms with E-state index in [-0.39, 0.29) is 12.4 Å². The molecular formula is C16H24FNO. The number of aliphatic hydroxyl groups is 1. The number of benzene rings is 1. The average Bonchev–Trinajstić information content (AvgIpc) is 2.47. The van der Waals surface area contributed by atoms with Gasteiger partial charge >= 0.3 is 0 Å². The minimum atomic E-state index is -0.303. The Morgan fingerprint density at radius 1 is 1.21 bits per heavy atom. The van der Waals surface area contributed by atoms with Gasteiger partial charge in [-0.15, -0.1) is 0 Å². The van der Waals surface area contributed by atoms with Crippen LogP contribution in [0.1, 0.15) is 45.1 Å². The second-order valence-corrected chi connectivity index (χ2v) is 5.59. The van der Waals surface area contributed by atoms with E-state index in [1.807, 2.05) is 6.07 Å². The van der Waals surface area contributed by atoms with E-state index < -0.39 is 0 Å². The van der Waals surface area contributed by atoms with Crippen LogP contribution in [0.2, 0.25) is 0 Å². The van der Waals surface area contributed by atoms with Crippen molar-refractivity contribution in [2.75, 3.05) is 18.0 Å². The van der Waals surface area contributed by atoms with Crippen molar-refractivity contribution in [2.45, 2.75) is 46.1 Å². The molecule has 106 valence electrons. The van der Waals surface area contributed by atoms with Crippen LogP contribution in [0.15, 0.2) is 18.2 Å². The lowest BCUT2D eigenvalue weighted by Crippen LogP contribution is -2.40. The van der Waals surface area contributed by atoms with Crippen LogP contribution in [0.4, 0.5) is 10.1 Å². The summed E-state index contributed by atoms with van der Waals surface area (Å²) in [6, 6.07) is 5.06. The average molecular weight is 265 g/mol. The molecule has 2 nitrogen and oxygen atoms in total. The zero-order valence-electron chi connectivity index (χ0n) is 12.0. The standard InChI is InChI=1S/C16H24FNO/c1-3-16(4-2)8-10-18(11-9-16)15-7-5-6-14(17)13(15)12-19/h5-7,19H,3-4,8-12H2,1-2H3. The Hall–Kier alpha value is -1.09. The molecule has 0 atom stereocenters. The van der Waals surface area contributed by atoms with Gasteiger partial charge in [0.2, 0.25) is 0 Å². The predicted octanol–water partition coefficient (Wildman–Crippen LogP) is 3.72. The first-order chi connectivity index (χ1) is 9.15. The summed E-state index contributed by atoms with van der Waals surface area (Å²) in [4.78, 5) is 2.22. The van der Waals surface area contributed by atoms with Crippen LogP contribution in [0.5, 0.6) is 0 Å². The Morgan fingerprint density at radius 3 is 2.37 bits per heavy atom. The summed E-state index contributed by atoms with van der Waals surface area (Å²) in [5.74, 6) is -0.303. The largest absolute Gasteiger partial charge is 0.391 e. The van der Waals surface area contributed by atoms with Crippen LogP contribution in [0.3, 0.4) is 0 Å². The molecule has 0 aliphatic carbocycles. The lowest BCUT2D eigenvalue weighted by Gasteiger charge is -2.42. The predicted molar refractivity (Wildman–Crippen MR) is 76.8 cm³/mol. The summed E-state index contributed by atoms with van der Waals surface area (Å²) >= 11 is 0. The SMILES string of the molecule is CCC1(CC)CCN(c2cccc(F)c2CO)CC1. The van der Waals surface area contributed by atoms with E-state index in [9.17, 15) is 9.50 Å². The van der Waals surface area contributed by atoms with Crippen molar-refractivity contribution in [3.05, 3.63) is 29.6 Å². The molecule has 2 rings (SSSR count). The number of hydrogen-bond acceptors (Lipinski definition) is 2. The highest BCUT2D eigenvalue weighted by atomic mass is 19.1. The Morgan fingerprint density at radius 2 is 1.84 bits per heavy atom. The maximum Gasteiger partial charge on any atom is 0.130 e. The van der Waals surface area contributed by atoms with Crippen LogP contribution in [0, 0.1) is 11.2 Å². The third-order valence-corrected chi connectivity index (χ3v) is 4.92. The van der Waals surface area contributed by atoms with Crippen LogP contribution in [0.25, 0.3) is 0 Å². The minimum Gasteiger partial charge on any atom is -0.391 e. The van der Waals surface area contributed by atoms with Gasteiger partial charge in [-0.05, 0) is 30.4 Å². The zero-order chi connectivity index (χ0) is 13.9. The molecule has 0 spiro atoms.